The predicted molar refractivity (Wildman–Crippen MR) is 69.4 cm³/mol. The van der Waals surface area contributed by atoms with E-state index in [0.29, 0.717) is 17.2 Å². The summed E-state index contributed by atoms with van der Waals surface area (Å²) in [6.45, 7) is 4.04. The highest BCUT2D eigenvalue weighted by atomic mass is 16.5. The van der Waals surface area contributed by atoms with Crippen LogP contribution in [0.4, 0.5) is 0 Å². The minimum Gasteiger partial charge on any atom is -0.436 e. The van der Waals surface area contributed by atoms with Crippen LogP contribution in [-0.4, -0.2) is 25.8 Å². The van der Waals surface area contributed by atoms with Gasteiger partial charge in [-0.15, -0.1) is 0 Å². The lowest BCUT2D eigenvalue weighted by Crippen LogP contribution is -2.13. The summed E-state index contributed by atoms with van der Waals surface area (Å²) in [5, 5.41) is 15.7. The maximum Gasteiger partial charge on any atom is 0.220 e. The van der Waals surface area contributed by atoms with Crippen molar-refractivity contribution in [2.45, 2.75) is 19.9 Å². The van der Waals surface area contributed by atoms with Crippen molar-refractivity contribution in [2.24, 2.45) is 10.9 Å². The molecule has 0 saturated carbocycles. The Bertz CT molecular complexity index is 591. The van der Waals surface area contributed by atoms with Gasteiger partial charge in [0.2, 0.25) is 5.88 Å². The van der Waals surface area contributed by atoms with E-state index in [1.54, 1.807) is 29.2 Å². The van der Waals surface area contributed by atoms with Crippen molar-refractivity contribution in [3.8, 4) is 11.6 Å². The molecule has 2 aromatic rings. The van der Waals surface area contributed by atoms with Gasteiger partial charge in [0.1, 0.15) is 0 Å². The molecule has 0 unspecified atom stereocenters. The lowest BCUT2D eigenvalue weighted by atomic mass is 10.2. The quantitative estimate of drug-likeness (QED) is 0.378. The third-order valence-electron chi connectivity index (χ3n) is 2.47. The Balaban J connectivity index is 2.18. The molecular weight excluding hydrogens is 246 g/mol. The summed E-state index contributed by atoms with van der Waals surface area (Å²) >= 11 is 0. The molecule has 0 radical (unpaired) electrons. The van der Waals surface area contributed by atoms with Crippen LogP contribution in [0.2, 0.25) is 0 Å². The lowest BCUT2D eigenvalue weighted by molar-refractivity contribution is 0.318. The van der Waals surface area contributed by atoms with E-state index in [2.05, 4.69) is 15.2 Å². The van der Waals surface area contributed by atoms with E-state index in [-0.39, 0.29) is 11.9 Å². The Kier molecular flexibility index (Phi) is 3.65. The van der Waals surface area contributed by atoms with E-state index >= 15 is 0 Å². The fourth-order valence-corrected chi connectivity index (χ4v) is 1.46. The molecule has 0 amide bonds. The van der Waals surface area contributed by atoms with Crippen LogP contribution in [0.15, 0.2) is 35.9 Å². The van der Waals surface area contributed by atoms with Gasteiger partial charge in [-0.1, -0.05) is 5.16 Å². The van der Waals surface area contributed by atoms with Crippen LogP contribution in [0, 0.1) is 0 Å². The molecule has 0 spiro atoms. The lowest BCUT2D eigenvalue weighted by Gasteiger charge is -2.04. The van der Waals surface area contributed by atoms with Crippen LogP contribution in [0.3, 0.4) is 0 Å². The molecule has 0 bridgehead atoms. The highest BCUT2D eigenvalue weighted by Crippen LogP contribution is 2.20. The van der Waals surface area contributed by atoms with Crippen LogP contribution in [0.1, 0.15) is 25.5 Å². The minimum absolute atomic E-state index is 0.00475. The number of oxime groups is 1. The van der Waals surface area contributed by atoms with Gasteiger partial charge >= 0.3 is 0 Å². The first kappa shape index (κ1) is 12.9. The largest absolute Gasteiger partial charge is 0.436 e. The summed E-state index contributed by atoms with van der Waals surface area (Å²) < 4.78 is 7.34. The summed E-state index contributed by atoms with van der Waals surface area (Å²) in [5.41, 5.74) is 6.03. The summed E-state index contributed by atoms with van der Waals surface area (Å²) in [6, 6.07) is 3.47. The molecule has 0 aliphatic rings. The number of pyridine rings is 1. The first-order valence-electron chi connectivity index (χ1n) is 5.76. The Morgan fingerprint density at radius 3 is 2.95 bits per heavy atom. The Morgan fingerprint density at radius 2 is 2.32 bits per heavy atom. The van der Waals surface area contributed by atoms with E-state index in [9.17, 15) is 0 Å². The van der Waals surface area contributed by atoms with Crippen molar-refractivity contribution in [3.63, 3.8) is 0 Å². The molecule has 7 heteroatoms. The van der Waals surface area contributed by atoms with Crippen LogP contribution < -0.4 is 10.5 Å². The van der Waals surface area contributed by atoms with E-state index in [1.807, 2.05) is 13.8 Å². The molecule has 0 aliphatic carbocycles. The van der Waals surface area contributed by atoms with E-state index < -0.39 is 0 Å². The van der Waals surface area contributed by atoms with Gasteiger partial charge in [-0.05, 0) is 19.9 Å². The zero-order valence-electron chi connectivity index (χ0n) is 10.7. The number of ether oxygens (including phenoxy) is 1. The number of rotatable bonds is 4. The fraction of sp³-hybridized carbons (Fsp3) is 0.250. The number of nitrogens with two attached hydrogens (primary N) is 1. The highest BCUT2D eigenvalue weighted by Gasteiger charge is 2.06. The van der Waals surface area contributed by atoms with E-state index in [0.717, 1.165) is 0 Å². The second-order valence-electron chi connectivity index (χ2n) is 4.22. The van der Waals surface area contributed by atoms with Crippen molar-refractivity contribution in [1.82, 2.24) is 14.8 Å². The maximum absolute atomic E-state index is 8.62. The summed E-state index contributed by atoms with van der Waals surface area (Å²) in [4.78, 5) is 4.05. The monoisotopic (exact) mass is 261 g/mol. The van der Waals surface area contributed by atoms with Crippen LogP contribution in [0.25, 0.3) is 0 Å². The van der Waals surface area contributed by atoms with E-state index in [1.165, 1.54) is 6.20 Å². The normalized spacial score (nSPS) is 11.8. The first-order valence-corrected chi connectivity index (χ1v) is 5.76. The third-order valence-corrected chi connectivity index (χ3v) is 2.47. The smallest absolute Gasteiger partial charge is 0.220 e. The molecule has 2 rings (SSSR count). The number of nitrogens with zero attached hydrogens (tertiary/aromatic N) is 4. The Hall–Kier alpha value is -2.57. The van der Waals surface area contributed by atoms with Crippen molar-refractivity contribution in [3.05, 3.63) is 36.3 Å². The number of hydrogen-bond acceptors (Lipinski definition) is 5. The van der Waals surface area contributed by atoms with Crippen molar-refractivity contribution < 1.29 is 9.94 Å². The highest BCUT2D eigenvalue weighted by molar-refractivity contribution is 5.97. The molecule has 100 valence electrons. The SMILES string of the molecule is CC(C)n1cc(Oc2cc(/C(N)=N/O)ccn2)cn1. The van der Waals surface area contributed by atoms with Crippen LogP contribution in [0.5, 0.6) is 11.6 Å². The van der Waals surface area contributed by atoms with E-state index in [4.69, 9.17) is 15.7 Å². The summed E-state index contributed by atoms with van der Waals surface area (Å²) in [5.74, 6) is 0.940. The standard InChI is InChI=1S/C12H15N5O2/c1-8(2)17-7-10(6-15-17)19-11-5-9(3-4-14-11)12(13)16-18/h3-8,18H,1-2H3,(H2,13,16). The number of amidine groups is 1. The second-order valence-corrected chi connectivity index (χ2v) is 4.22. The van der Waals surface area contributed by atoms with Crippen molar-refractivity contribution >= 4 is 5.84 Å². The van der Waals surface area contributed by atoms with Crippen LogP contribution in [-0.2, 0) is 0 Å². The molecule has 0 saturated heterocycles. The van der Waals surface area contributed by atoms with Crippen LogP contribution >= 0.6 is 0 Å². The molecule has 0 atom stereocenters. The average Bonchev–Trinajstić information content (AvgIpc) is 2.87. The van der Waals surface area contributed by atoms with Gasteiger partial charge in [-0.25, -0.2) is 4.98 Å². The van der Waals surface area contributed by atoms with Gasteiger partial charge in [0.25, 0.3) is 0 Å². The fourth-order valence-electron chi connectivity index (χ4n) is 1.46. The summed E-state index contributed by atoms with van der Waals surface area (Å²) in [7, 11) is 0. The van der Waals surface area contributed by atoms with Gasteiger partial charge < -0.3 is 15.7 Å². The Labute approximate surface area is 110 Å². The second kappa shape index (κ2) is 5.38. The molecule has 0 aromatic carbocycles. The van der Waals surface area contributed by atoms with Gasteiger partial charge in [-0.3, -0.25) is 4.68 Å². The molecule has 2 heterocycles. The number of hydrogen-bond donors (Lipinski definition) is 2. The molecule has 0 aliphatic heterocycles. The molecule has 7 nitrogen and oxygen atoms in total. The van der Waals surface area contributed by atoms with Crippen molar-refractivity contribution in [2.75, 3.05) is 0 Å². The van der Waals surface area contributed by atoms with Gasteiger partial charge in [0.05, 0.1) is 12.4 Å². The first-order chi connectivity index (χ1) is 9.10. The number of aromatic nitrogens is 3. The summed E-state index contributed by atoms with van der Waals surface area (Å²) in [6.07, 6.45) is 4.91. The van der Waals surface area contributed by atoms with Crippen molar-refractivity contribution in [1.29, 1.82) is 0 Å². The van der Waals surface area contributed by atoms with Gasteiger partial charge in [0.15, 0.2) is 11.6 Å². The van der Waals surface area contributed by atoms with Gasteiger partial charge in [0, 0.05) is 23.9 Å². The Morgan fingerprint density at radius 1 is 1.53 bits per heavy atom. The molecule has 19 heavy (non-hydrogen) atoms. The molecule has 0 fully saturated rings. The molecule has 2 aromatic heterocycles. The topological polar surface area (TPSA) is 98.5 Å². The zero-order chi connectivity index (χ0) is 13.8. The third kappa shape index (κ3) is 3.01. The minimum atomic E-state index is 0.00475. The molecule has 3 N–H and O–H groups in total. The predicted octanol–water partition coefficient (Wildman–Crippen LogP) is 1.75. The maximum atomic E-state index is 8.62. The molecular formula is C12H15N5O2. The average molecular weight is 261 g/mol. The zero-order valence-corrected chi connectivity index (χ0v) is 10.7. The van der Waals surface area contributed by atoms with Gasteiger partial charge in [-0.2, -0.15) is 5.10 Å².